The molecule has 1 aromatic heterocycles. The Balaban J connectivity index is 1.89. The number of methoxy groups -OCH3 is 1. The van der Waals surface area contributed by atoms with Crippen LogP contribution in [0.15, 0.2) is 41.3 Å². The number of halogens is 2. The summed E-state index contributed by atoms with van der Waals surface area (Å²) in [4.78, 5) is 16.5. The van der Waals surface area contributed by atoms with Crippen molar-refractivity contribution in [3.8, 4) is 22.6 Å². The smallest absolute Gasteiger partial charge is 0.201 e. The molecule has 2 aromatic carbocycles. The maximum absolute atomic E-state index is 13.3. The number of aromatic nitrogens is 1. The Kier molecular flexibility index (Phi) is 5.02. The standard InChI is InChI=1S/C21H19Cl2NO3/c1-26-17-8-9-18(27-13-4-2-3-5-13)20-19(17)21(25)15(11-24-20)14-7-6-12(22)10-16(14)23/h6-11,13H,2-5H2,1H3,(H,24,25). The van der Waals surface area contributed by atoms with Gasteiger partial charge >= 0.3 is 0 Å². The summed E-state index contributed by atoms with van der Waals surface area (Å²) in [6, 6.07) is 8.70. The quantitative estimate of drug-likeness (QED) is 0.595. The highest BCUT2D eigenvalue weighted by atomic mass is 35.5. The Bertz CT molecular complexity index is 1060. The fraction of sp³-hybridized carbons (Fsp3) is 0.286. The average molecular weight is 404 g/mol. The molecule has 0 saturated heterocycles. The summed E-state index contributed by atoms with van der Waals surface area (Å²) in [5.41, 5.74) is 1.55. The molecule has 140 valence electrons. The zero-order chi connectivity index (χ0) is 19.0. The SMILES string of the molecule is COc1ccc(OC2CCCC2)c2[nH]cc(-c3ccc(Cl)cc3Cl)c(=O)c12. The van der Waals surface area contributed by atoms with Gasteiger partial charge in [0.2, 0.25) is 5.43 Å². The predicted molar refractivity (Wildman–Crippen MR) is 109 cm³/mol. The molecule has 0 amide bonds. The lowest BCUT2D eigenvalue weighted by Crippen LogP contribution is -2.13. The average Bonchev–Trinajstić information content (AvgIpc) is 3.16. The van der Waals surface area contributed by atoms with Crippen LogP contribution in [0, 0.1) is 0 Å². The second-order valence-corrected chi connectivity index (χ2v) is 7.54. The Morgan fingerprint density at radius 2 is 1.78 bits per heavy atom. The lowest BCUT2D eigenvalue weighted by Gasteiger charge is -2.16. The zero-order valence-corrected chi connectivity index (χ0v) is 16.4. The van der Waals surface area contributed by atoms with E-state index in [2.05, 4.69) is 4.98 Å². The molecule has 1 aliphatic carbocycles. The molecular formula is C21H19Cl2NO3. The molecule has 4 nitrogen and oxygen atoms in total. The summed E-state index contributed by atoms with van der Waals surface area (Å²) >= 11 is 12.3. The summed E-state index contributed by atoms with van der Waals surface area (Å²) in [5, 5.41) is 1.40. The maximum atomic E-state index is 13.3. The van der Waals surface area contributed by atoms with Crippen LogP contribution < -0.4 is 14.9 Å². The van der Waals surface area contributed by atoms with E-state index in [9.17, 15) is 4.79 Å². The third kappa shape index (κ3) is 3.40. The van der Waals surface area contributed by atoms with E-state index in [-0.39, 0.29) is 11.5 Å². The third-order valence-corrected chi connectivity index (χ3v) is 5.55. The predicted octanol–water partition coefficient (Wildman–Crippen LogP) is 5.83. The normalized spacial score (nSPS) is 14.6. The molecule has 1 heterocycles. The van der Waals surface area contributed by atoms with Crippen molar-refractivity contribution in [2.24, 2.45) is 0 Å². The molecule has 1 saturated carbocycles. The van der Waals surface area contributed by atoms with E-state index in [0.717, 1.165) is 12.8 Å². The van der Waals surface area contributed by atoms with E-state index < -0.39 is 0 Å². The van der Waals surface area contributed by atoms with E-state index in [0.29, 0.717) is 43.6 Å². The van der Waals surface area contributed by atoms with Gasteiger partial charge in [-0.1, -0.05) is 29.3 Å². The van der Waals surface area contributed by atoms with Crippen molar-refractivity contribution in [1.29, 1.82) is 0 Å². The monoisotopic (exact) mass is 403 g/mol. The van der Waals surface area contributed by atoms with Crippen LogP contribution in [0.4, 0.5) is 0 Å². The molecule has 1 N–H and O–H groups in total. The van der Waals surface area contributed by atoms with Crippen LogP contribution in [0.3, 0.4) is 0 Å². The largest absolute Gasteiger partial charge is 0.496 e. The highest BCUT2D eigenvalue weighted by molar-refractivity contribution is 6.36. The van der Waals surface area contributed by atoms with Gasteiger partial charge in [-0.25, -0.2) is 0 Å². The second kappa shape index (κ2) is 7.45. The van der Waals surface area contributed by atoms with Crippen LogP contribution in [0.25, 0.3) is 22.0 Å². The van der Waals surface area contributed by atoms with Crippen molar-refractivity contribution in [1.82, 2.24) is 4.98 Å². The van der Waals surface area contributed by atoms with E-state index in [4.69, 9.17) is 32.7 Å². The van der Waals surface area contributed by atoms with Crippen LogP contribution >= 0.6 is 23.2 Å². The van der Waals surface area contributed by atoms with E-state index >= 15 is 0 Å². The van der Waals surface area contributed by atoms with Gasteiger partial charge in [-0.2, -0.15) is 0 Å². The third-order valence-electron chi connectivity index (χ3n) is 5.00. The molecule has 0 bridgehead atoms. The van der Waals surface area contributed by atoms with Gasteiger partial charge in [0.25, 0.3) is 0 Å². The molecule has 4 rings (SSSR count). The van der Waals surface area contributed by atoms with Crippen LogP contribution in [0.5, 0.6) is 11.5 Å². The highest BCUT2D eigenvalue weighted by Crippen LogP contribution is 2.35. The minimum Gasteiger partial charge on any atom is -0.496 e. The van der Waals surface area contributed by atoms with Crippen LogP contribution in [0.2, 0.25) is 10.0 Å². The first-order chi connectivity index (χ1) is 13.1. The molecule has 0 unspecified atom stereocenters. The first-order valence-corrected chi connectivity index (χ1v) is 9.68. The van der Waals surface area contributed by atoms with Crippen molar-refractivity contribution >= 4 is 34.1 Å². The van der Waals surface area contributed by atoms with Gasteiger partial charge in [0, 0.05) is 22.3 Å². The molecule has 0 aliphatic heterocycles. The molecule has 1 fully saturated rings. The highest BCUT2D eigenvalue weighted by Gasteiger charge is 2.21. The molecule has 0 atom stereocenters. The minimum absolute atomic E-state index is 0.165. The Morgan fingerprint density at radius 1 is 1.04 bits per heavy atom. The number of pyridine rings is 1. The number of ether oxygens (including phenoxy) is 2. The molecule has 0 spiro atoms. The molecule has 27 heavy (non-hydrogen) atoms. The number of nitrogens with one attached hydrogen (secondary N) is 1. The van der Waals surface area contributed by atoms with E-state index in [1.807, 2.05) is 6.07 Å². The maximum Gasteiger partial charge on any atom is 0.201 e. The summed E-state index contributed by atoms with van der Waals surface area (Å²) in [6.07, 6.45) is 6.28. The first-order valence-electron chi connectivity index (χ1n) is 8.93. The zero-order valence-electron chi connectivity index (χ0n) is 14.9. The number of hydrogen-bond donors (Lipinski definition) is 1. The Morgan fingerprint density at radius 3 is 2.48 bits per heavy atom. The van der Waals surface area contributed by atoms with Gasteiger partial charge in [0.05, 0.1) is 29.1 Å². The molecular weight excluding hydrogens is 385 g/mol. The van der Waals surface area contributed by atoms with Crippen LogP contribution in [-0.2, 0) is 0 Å². The van der Waals surface area contributed by atoms with Crippen molar-refractivity contribution in [3.63, 3.8) is 0 Å². The van der Waals surface area contributed by atoms with Gasteiger partial charge in [-0.05, 0) is 49.9 Å². The van der Waals surface area contributed by atoms with E-state index in [1.54, 1.807) is 37.6 Å². The fourth-order valence-corrected chi connectivity index (χ4v) is 4.15. The minimum atomic E-state index is -0.165. The van der Waals surface area contributed by atoms with Crippen molar-refractivity contribution < 1.29 is 9.47 Å². The topological polar surface area (TPSA) is 51.3 Å². The summed E-state index contributed by atoms with van der Waals surface area (Å²) in [6.45, 7) is 0. The second-order valence-electron chi connectivity index (χ2n) is 6.70. The summed E-state index contributed by atoms with van der Waals surface area (Å²) in [7, 11) is 1.55. The summed E-state index contributed by atoms with van der Waals surface area (Å²) < 4.78 is 11.6. The number of hydrogen-bond acceptors (Lipinski definition) is 3. The van der Waals surface area contributed by atoms with E-state index in [1.165, 1.54) is 12.8 Å². The van der Waals surface area contributed by atoms with Crippen molar-refractivity contribution in [3.05, 3.63) is 56.8 Å². The Hall–Kier alpha value is -2.17. The number of rotatable bonds is 4. The van der Waals surface area contributed by atoms with Crippen LogP contribution in [-0.4, -0.2) is 18.2 Å². The number of fused-ring (bicyclic) bond motifs is 1. The van der Waals surface area contributed by atoms with Crippen molar-refractivity contribution in [2.75, 3.05) is 7.11 Å². The molecule has 1 aliphatic rings. The number of H-pyrrole nitrogens is 1. The van der Waals surface area contributed by atoms with Gasteiger partial charge in [-0.15, -0.1) is 0 Å². The molecule has 0 radical (unpaired) electrons. The lowest BCUT2D eigenvalue weighted by atomic mass is 10.0. The molecule has 6 heteroatoms. The summed E-state index contributed by atoms with van der Waals surface area (Å²) in [5.74, 6) is 1.17. The van der Waals surface area contributed by atoms with Gasteiger partial charge in [0.15, 0.2) is 0 Å². The molecule has 3 aromatic rings. The van der Waals surface area contributed by atoms with Crippen molar-refractivity contribution in [2.45, 2.75) is 31.8 Å². The number of benzene rings is 2. The number of aromatic amines is 1. The van der Waals surface area contributed by atoms with Gasteiger partial charge < -0.3 is 14.5 Å². The lowest BCUT2D eigenvalue weighted by molar-refractivity contribution is 0.212. The first kappa shape index (κ1) is 18.2. The van der Waals surface area contributed by atoms with Gasteiger partial charge in [-0.3, -0.25) is 4.79 Å². The van der Waals surface area contributed by atoms with Crippen LogP contribution in [0.1, 0.15) is 25.7 Å². The fourth-order valence-electron chi connectivity index (χ4n) is 3.64. The van der Waals surface area contributed by atoms with Gasteiger partial charge in [0.1, 0.15) is 11.5 Å². The Labute approximate surface area is 167 Å².